The third-order valence-corrected chi connectivity index (χ3v) is 6.27. The lowest BCUT2D eigenvalue weighted by Gasteiger charge is -2.19. The summed E-state index contributed by atoms with van der Waals surface area (Å²) in [6, 6.07) is 0. The van der Waals surface area contributed by atoms with Crippen molar-refractivity contribution < 1.29 is 31.4 Å². The van der Waals surface area contributed by atoms with E-state index in [1.54, 1.807) is 0 Å². The highest BCUT2D eigenvalue weighted by atomic mass is 19.4. The Morgan fingerprint density at radius 2 is 1.06 bits per heavy atom. The number of halogens is 5. The van der Waals surface area contributed by atoms with Crippen molar-refractivity contribution in [3.8, 4) is 0 Å². The summed E-state index contributed by atoms with van der Waals surface area (Å²) in [6.07, 6.45) is 13.0. The molecule has 1 unspecified atom stereocenters. The molecule has 0 bridgehead atoms. The van der Waals surface area contributed by atoms with Crippen LogP contribution in [0.1, 0.15) is 122 Å². The second-order valence-corrected chi connectivity index (χ2v) is 9.32. The molecule has 1 aliphatic rings. The summed E-state index contributed by atoms with van der Waals surface area (Å²) >= 11 is 0. The number of hydrogen-bond donors (Lipinski definition) is 0. The van der Waals surface area contributed by atoms with E-state index < -0.39 is 18.5 Å². The van der Waals surface area contributed by atoms with E-state index in [0.29, 0.717) is 12.5 Å². The fourth-order valence-corrected chi connectivity index (χ4v) is 4.16. The fraction of sp³-hybridized carbons (Fsp3) is 1.00. The average Bonchev–Trinajstić information content (AvgIpc) is 3.25. The predicted molar refractivity (Wildman–Crippen MR) is 119 cm³/mol. The summed E-state index contributed by atoms with van der Waals surface area (Å²) in [4.78, 5) is 0. The summed E-state index contributed by atoms with van der Waals surface area (Å²) < 4.78 is 72.9. The van der Waals surface area contributed by atoms with Crippen molar-refractivity contribution >= 4 is 0 Å². The lowest BCUT2D eigenvalue weighted by atomic mass is 10.0. The average molecular weight is 473 g/mol. The quantitative estimate of drug-likeness (QED) is 0.123. The van der Waals surface area contributed by atoms with Crippen molar-refractivity contribution in [3.05, 3.63) is 0 Å². The topological polar surface area (TPSA) is 18.5 Å². The first-order valence-corrected chi connectivity index (χ1v) is 13.0. The van der Waals surface area contributed by atoms with E-state index in [0.717, 1.165) is 58.3 Å². The number of rotatable bonds is 21. The Bertz CT molecular complexity index is 423. The third kappa shape index (κ3) is 15.4. The molecule has 2 nitrogen and oxygen atoms in total. The van der Waals surface area contributed by atoms with Gasteiger partial charge in [-0.1, -0.05) is 89.9 Å². The van der Waals surface area contributed by atoms with Crippen LogP contribution in [0.3, 0.4) is 0 Å². The molecule has 1 saturated heterocycles. The summed E-state index contributed by atoms with van der Waals surface area (Å²) in [7, 11) is 0. The Balaban J connectivity index is 1.70. The fourth-order valence-electron chi connectivity index (χ4n) is 4.16. The highest BCUT2D eigenvalue weighted by Crippen LogP contribution is 2.39. The molecule has 1 heterocycles. The van der Waals surface area contributed by atoms with Crippen molar-refractivity contribution in [1.82, 2.24) is 0 Å². The van der Waals surface area contributed by atoms with Crippen LogP contribution < -0.4 is 0 Å². The standard InChI is InChI=1S/C25H45F5O2/c26-24(27,25(28,29)30)19-15-13-11-9-7-5-3-1-2-4-6-8-10-12-14-16-20-31-22-23-18-17-21-32-23/h23H,1-22H2. The van der Waals surface area contributed by atoms with Crippen LogP contribution in [0.4, 0.5) is 22.0 Å². The van der Waals surface area contributed by atoms with Crippen LogP contribution in [0, 0.1) is 0 Å². The zero-order valence-corrected chi connectivity index (χ0v) is 19.8. The second-order valence-electron chi connectivity index (χ2n) is 9.32. The van der Waals surface area contributed by atoms with Gasteiger partial charge in [0.2, 0.25) is 0 Å². The molecule has 0 spiro atoms. The molecule has 0 N–H and O–H groups in total. The van der Waals surface area contributed by atoms with Gasteiger partial charge < -0.3 is 9.47 Å². The van der Waals surface area contributed by atoms with Gasteiger partial charge in [0, 0.05) is 19.6 Å². The van der Waals surface area contributed by atoms with Gasteiger partial charge in [-0.15, -0.1) is 0 Å². The lowest BCUT2D eigenvalue weighted by molar-refractivity contribution is -0.284. The van der Waals surface area contributed by atoms with Gasteiger partial charge in [-0.3, -0.25) is 0 Å². The van der Waals surface area contributed by atoms with Gasteiger partial charge in [0.25, 0.3) is 0 Å². The highest BCUT2D eigenvalue weighted by Gasteiger charge is 2.56. The van der Waals surface area contributed by atoms with E-state index in [4.69, 9.17) is 9.47 Å². The molecule has 7 heteroatoms. The third-order valence-electron chi connectivity index (χ3n) is 6.27. The summed E-state index contributed by atoms with van der Waals surface area (Å²) in [5.41, 5.74) is 0. The molecule has 1 rings (SSSR count). The number of ether oxygens (including phenoxy) is 2. The molecule has 0 aromatic heterocycles. The molecule has 32 heavy (non-hydrogen) atoms. The first-order chi connectivity index (χ1) is 15.3. The highest BCUT2D eigenvalue weighted by molar-refractivity contribution is 4.75. The molecule has 0 radical (unpaired) electrons. The van der Waals surface area contributed by atoms with E-state index in [-0.39, 0.29) is 6.42 Å². The Morgan fingerprint density at radius 1 is 0.625 bits per heavy atom. The van der Waals surface area contributed by atoms with E-state index in [9.17, 15) is 22.0 Å². The van der Waals surface area contributed by atoms with Crippen LogP contribution in [0.15, 0.2) is 0 Å². The molecule has 1 fully saturated rings. The molecule has 0 amide bonds. The Labute approximate surface area is 192 Å². The van der Waals surface area contributed by atoms with Crippen LogP contribution in [-0.2, 0) is 9.47 Å². The van der Waals surface area contributed by atoms with Crippen LogP contribution >= 0.6 is 0 Å². The van der Waals surface area contributed by atoms with Gasteiger partial charge in [-0.2, -0.15) is 22.0 Å². The minimum atomic E-state index is -5.41. The van der Waals surface area contributed by atoms with Crippen LogP contribution in [0.2, 0.25) is 0 Å². The maximum absolute atomic E-state index is 12.8. The van der Waals surface area contributed by atoms with Gasteiger partial charge in [-0.05, 0) is 25.7 Å². The Morgan fingerprint density at radius 3 is 1.47 bits per heavy atom. The smallest absolute Gasteiger partial charge is 0.379 e. The maximum atomic E-state index is 12.8. The number of alkyl halides is 5. The van der Waals surface area contributed by atoms with E-state index in [1.807, 2.05) is 0 Å². The van der Waals surface area contributed by atoms with E-state index in [1.165, 1.54) is 64.2 Å². The molecule has 0 aliphatic carbocycles. The van der Waals surface area contributed by atoms with E-state index >= 15 is 0 Å². The largest absolute Gasteiger partial charge is 0.453 e. The van der Waals surface area contributed by atoms with Crippen LogP contribution in [-0.4, -0.2) is 38.0 Å². The minimum Gasteiger partial charge on any atom is -0.379 e. The first kappa shape index (κ1) is 29.6. The van der Waals surface area contributed by atoms with Crippen molar-refractivity contribution in [2.45, 2.75) is 140 Å². The first-order valence-electron chi connectivity index (χ1n) is 13.0. The normalized spacial score (nSPS) is 17.3. The monoisotopic (exact) mass is 472 g/mol. The molecule has 1 atom stereocenters. The molecular weight excluding hydrogens is 427 g/mol. The summed E-state index contributed by atoms with van der Waals surface area (Å²) in [5.74, 6) is -4.54. The molecule has 0 aromatic carbocycles. The molecular formula is C25H45F5O2. The number of unbranched alkanes of at least 4 members (excludes halogenated alkanes) is 15. The predicted octanol–water partition coefficient (Wildman–Crippen LogP) is 9.01. The zero-order valence-electron chi connectivity index (χ0n) is 19.8. The van der Waals surface area contributed by atoms with E-state index in [2.05, 4.69) is 0 Å². The molecule has 0 saturated carbocycles. The summed E-state index contributed by atoms with van der Waals surface area (Å²) in [6.45, 7) is 2.50. The van der Waals surface area contributed by atoms with Gasteiger partial charge in [-0.25, -0.2) is 0 Å². The molecule has 0 aromatic rings. The Hall–Kier alpha value is -0.430. The van der Waals surface area contributed by atoms with Crippen molar-refractivity contribution in [2.75, 3.05) is 19.8 Å². The lowest BCUT2D eigenvalue weighted by Crippen LogP contribution is -2.36. The molecule has 192 valence electrons. The van der Waals surface area contributed by atoms with Gasteiger partial charge in [0.05, 0.1) is 12.7 Å². The van der Waals surface area contributed by atoms with Crippen molar-refractivity contribution in [1.29, 1.82) is 0 Å². The van der Waals surface area contributed by atoms with Crippen molar-refractivity contribution in [3.63, 3.8) is 0 Å². The van der Waals surface area contributed by atoms with Crippen molar-refractivity contribution in [2.24, 2.45) is 0 Å². The SMILES string of the molecule is FC(F)(F)C(F)(F)CCCCCCCCCCCCCCCCCCOCC1CCCO1. The zero-order chi connectivity index (χ0) is 23.5. The number of hydrogen-bond acceptors (Lipinski definition) is 2. The minimum absolute atomic E-state index is 0.0594. The van der Waals surface area contributed by atoms with Gasteiger partial charge in [0.1, 0.15) is 0 Å². The molecule has 1 aliphatic heterocycles. The van der Waals surface area contributed by atoms with Gasteiger partial charge in [0.15, 0.2) is 0 Å². The maximum Gasteiger partial charge on any atom is 0.453 e. The van der Waals surface area contributed by atoms with Crippen LogP contribution in [0.5, 0.6) is 0 Å². The Kier molecular flexibility index (Phi) is 16.6. The second kappa shape index (κ2) is 18.0. The van der Waals surface area contributed by atoms with Gasteiger partial charge >= 0.3 is 12.1 Å². The summed E-state index contributed by atoms with van der Waals surface area (Å²) in [5, 5.41) is 0. The van der Waals surface area contributed by atoms with Crippen LogP contribution in [0.25, 0.3) is 0 Å².